The van der Waals surface area contributed by atoms with Crippen molar-refractivity contribution in [3.63, 3.8) is 0 Å². The van der Waals surface area contributed by atoms with Crippen LogP contribution in [0.15, 0.2) is 91.0 Å². The van der Waals surface area contributed by atoms with Crippen LogP contribution in [-0.2, 0) is 22.2 Å². The SMILES string of the molecule is C[C@@H]([C@@H](OP(C)(=O)Oc1ccccc1)C(C)(C)C#N)N(Cc1ccccc1)Cc1ccccc1. The summed E-state index contributed by atoms with van der Waals surface area (Å²) in [4.78, 5) is 2.26. The minimum absolute atomic E-state index is 0.234. The van der Waals surface area contributed by atoms with Crippen LogP contribution in [0.4, 0.5) is 0 Å². The molecule has 5 nitrogen and oxygen atoms in total. The summed E-state index contributed by atoms with van der Waals surface area (Å²) < 4.78 is 25.4. The molecule has 0 aliphatic carbocycles. The third-order valence-electron chi connectivity index (χ3n) is 5.79. The smallest absolute Gasteiger partial charge is 0.376 e. The van der Waals surface area contributed by atoms with Gasteiger partial charge in [0.15, 0.2) is 0 Å². The minimum atomic E-state index is -3.52. The third kappa shape index (κ3) is 7.30. The Bertz CT molecular complexity index is 1070. The van der Waals surface area contributed by atoms with Crippen molar-refractivity contribution in [1.29, 1.82) is 5.26 Å². The molecule has 3 aromatic rings. The number of benzene rings is 3. The number of nitrogens with zero attached hydrogens (tertiary/aromatic N) is 2. The molecule has 0 saturated carbocycles. The van der Waals surface area contributed by atoms with Crippen molar-refractivity contribution in [3.05, 3.63) is 102 Å². The van der Waals surface area contributed by atoms with Crippen molar-refractivity contribution in [3.8, 4) is 11.8 Å². The highest BCUT2D eigenvalue weighted by Gasteiger charge is 2.42. The van der Waals surface area contributed by atoms with Crippen molar-refractivity contribution in [2.75, 3.05) is 6.66 Å². The second-order valence-corrected chi connectivity index (χ2v) is 11.1. The molecule has 0 heterocycles. The Morgan fingerprint density at radius 3 is 1.76 bits per heavy atom. The van der Waals surface area contributed by atoms with Crippen molar-refractivity contribution >= 4 is 7.60 Å². The molecule has 0 N–H and O–H groups in total. The van der Waals surface area contributed by atoms with E-state index in [4.69, 9.17) is 9.05 Å². The van der Waals surface area contributed by atoms with E-state index < -0.39 is 19.1 Å². The summed E-state index contributed by atoms with van der Waals surface area (Å²) in [6.45, 7) is 8.45. The van der Waals surface area contributed by atoms with Gasteiger partial charge in [0.2, 0.25) is 0 Å². The lowest BCUT2D eigenvalue weighted by molar-refractivity contribution is 0.00952. The molecule has 0 aromatic heterocycles. The van der Waals surface area contributed by atoms with E-state index in [0.29, 0.717) is 18.8 Å². The first-order valence-electron chi connectivity index (χ1n) is 11.4. The van der Waals surface area contributed by atoms with Gasteiger partial charge in [-0.1, -0.05) is 78.9 Å². The highest BCUT2D eigenvalue weighted by molar-refractivity contribution is 7.53. The van der Waals surface area contributed by atoms with Crippen LogP contribution in [0.25, 0.3) is 0 Å². The van der Waals surface area contributed by atoms with Gasteiger partial charge in [0, 0.05) is 25.8 Å². The normalized spacial score (nSPS) is 15.2. The standard InChI is InChI=1S/C28H33N2O3P/c1-23(30(20-24-14-8-5-9-15-24)21-25-16-10-6-11-17-25)27(28(2,3)22-29)33-34(4,31)32-26-18-12-7-13-19-26/h5-19,23,27H,20-21H2,1-4H3/t23-,27+,34?/m0/s1. The van der Waals surface area contributed by atoms with Gasteiger partial charge in [-0.05, 0) is 44.0 Å². The molecule has 0 amide bonds. The lowest BCUT2D eigenvalue weighted by Gasteiger charge is -2.40. The molecule has 178 valence electrons. The van der Waals surface area contributed by atoms with Crippen LogP contribution in [0.1, 0.15) is 31.9 Å². The topological polar surface area (TPSA) is 62.6 Å². The van der Waals surface area contributed by atoms with E-state index in [1.165, 1.54) is 6.66 Å². The molecule has 0 fully saturated rings. The molecule has 0 aliphatic heterocycles. The molecule has 34 heavy (non-hydrogen) atoms. The number of hydrogen-bond acceptors (Lipinski definition) is 5. The summed E-state index contributed by atoms with van der Waals surface area (Å²) >= 11 is 0. The summed E-state index contributed by atoms with van der Waals surface area (Å²) in [6, 6.07) is 31.5. The molecule has 6 heteroatoms. The van der Waals surface area contributed by atoms with Crippen LogP contribution in [0.5, 0.6) is 5.75 Å². The molecular weight excluding hydrogens is 443 g/mol. The minimum Gasteiger partial charge on any atom is -0.425 e. The fraction of sp³-hybridized carbons (Fsp3) is 0.321. The van der Waals surface area contributed by atoms with Gasteiger partial charge >= 0.3 is 7.60 Å². The molecule has 0 spiro atoms. The summed E-state index contributed by atoms with van der Waals surface area (Å²) in [5.41, 5.74) is 1.40. The summed E-state index contributed by atoms with van der Waals surface area (Å²) in [6.07, 6.45) is -0.663. The Morgan fingerprint density at radius 1 is 0.882 bits per heavy atom. The van der Waals surface area contributed by atoms with Gasteiger partial charge in [-0.25, -0.2) is 4.57 Å². The Kier molecular flexibility index (Phi) is 8.69. The van der Waals surface area contributed by atoms with Crippen molar-refractivity contribution in [1.82, 2.24) is 4.90 Å². The van der Waals surface area contributed by atoms with E-state index in [9.17, 15) is 9.83 Å². The lowest BCUT2D eigenvalue weighted by Crippen LogP contribution is -2.48. The van der Waals surface area contributed by atoms with Gasteiger partial charge in [0.05, 0.1) is 11.5 Å². The van der Waals surface area contributed by atoms with Crippen LogP contribution >= 0.6 is 7.60 Å². The molecule has 0 saturated heterocycles. The molecule has 3 rings (SSSR count). The van der Waals surface area contributed by atoms with E-state index in [-0.39, 0.29) is 6.04 Å². The van der Waals surface area contributed by atoms with Gasteiger partial charge in [0.1, 0.15) is 11.9 Å². The molecule has 0 radical (unpaired) electrons. The number of rotatable bonds is 11. The first-order chi connectivity index (χ1) is 16.2. The van der Waals surface area contributed by atoms with E-state index in [1.807, 2.05) is 75.4 Å². The largest absolute Gasteiger partial charge is 0.425 e. The predicted molar refractivity (Wildman–Crippen MR) is 136 cm³/mol. The van der Waals surface area contributed by atoms with Gasteiger partial charge in [-0.3, -0.25) is 9.42 Å². The maximum absolute atomic E-state index is 13.4. The first kappa shape index (κ1) is 25.7. The zero-order valence-electron chi connectivity index (χ0n) is 20.3. The monoisotopic (exact) mass is 476 g/mol. The lowest BCUT2D eigenvalue weighted by atomic mass is 9.84. The van der Waals surface area contributed by atoms with Gasteiger partial charge in [-0.15, -0.1) is 0 Å². The fourth-order valence-electron chi connectivity index (χ4n) is 3.96. The first-order valence-corrected chi connectivity index (χ1v) is 13.4. The molecule has 3 atom stereocenters. The number of hydrogen-bond donors (Lipinski definition) is 0. The Balaban J connectivity index is 1.91. The maximum Gasteiger partial charge on any atom is 0.376 e. The molecule has 3 aromatic carbocycles. The van der Waals surface area contributed by atoms with E-state index in [0.717, 1.165) is 11.1 Å². The highest BCUT2D eigenvalue weighted by Crippen LogP contribution is 2.49. The second-order valence-electron chi connectivity index (χ2n) is 9.15. The van der Waals surface area contributed by atoms with Crippen molar-refractivity contribution < 1.29 is 13.6 Å². The number of nitriles is 1. The third-order valence-corrected chi connectivity index (χ3v) is 6.94. The molecule has 0 aliphatic rings. The van der Waals surface area contributed by atoms with Crippen LogP contribution < -0.4 is 4.52 Å². The molecular formula is C28H33N2O3P. The fourth-order valence-corrected chi connectivity index (χ4v) is 5.36. The van der Waals surface area contributed by atoms with Crippen LogP contribution in [0.2, 0.25) is 0 Å². The van der Waals surface area contributed by atoms with Gasteiger partial charge in [0.25, 0.3) is 0 Å². The molecule has 0 bridgehead atoms. The summed E-state index contributed by atoms with van der Waals surface area (Å²) in [5, 5.41) is 9.98. The zero-order valence-corrected chi connectivity index (χ0v) is 21.2. The Morgan fingerprint density at radius 2 is 1.32 bits per heavy atom. The van der Waals surface area contributed by atoms with E-state index >= 15 is 0 Å². The summed E-state index contributed by atoms with van der Waals surface area (Å²) in [7, 11) is -3.52. The van der Waals surface area contributed by atoms with Crippen molar-refractivity contribution in [2.45, 2.75) is 46.0 Å². The van der Waals surface area contributed by atoms with E-state index in [2.05, 4.69) is 35.2 Å². The van der Waals surface area contributed by atoms with Crippen LogP contribution in [0, 0.1) is 16.7 Å². The van der Waals surface area contributed by atoms with Gasteiger partial charge in [-0.2, -0.15) is 5.26 Å². The predicted octanol–water partition coefficient (Wildman–Crippen LogP) is 6.91. The highest BCUT2D eigenvalue weighted by atomic mass is 31.2. The summed E-state index contributed by atoms with van der Waals surface area (Å²) in [5.74, 6) is 0.472. The van der Waals surface area contributed by atoms with Gasteiger partial charge < -0.3 is 4.52 Å². The average molecular weight is 477 g/mol. The zero-order chi connectivity index (χ0) is 24.6. The Labute approximate surface area is 203 Å². The molecule has 1 unspecified atom stereocenters. The van der Waals surface area contributed by atoms with E-state index in [1.54, 1.807) is 12.1 Å². The van der Waals surface area contributed by atoms with Crippen LogP contribution in [-0.4, -0.2) is 23.7 Å². The average Bonchev–Trinajstić information content (AvgIpc) is 2.83. The van der Waals surface area contributed by atoms with Crippen LogP contribution in [0.3, 0.4) is 0 Å². The quantitative estimate of drug-likeness (QED) is 0.281. The number of para-hydroxylation sites is 1. The maximum atomic E-state index is 13.4. The van der Waals surface area contributed by atoms with Crippen molar-refractivity contribution in [2.24, 2.45) is 5.41 Å². The second kappa shape index (κ2) is 11.5. The Hall–Kier alpha value is -2.90.